The summed E-state index contributed by atoms with van der Waals surface area (Å²) in [4.78, 5) is 10.8. The number of nitrogens with one attached hydrogen (secondary N) is 1. The van der Waals surface area contributed by atoms with Crippen molar-refractivity contribution in [3.05, 3.63) is 29.8 Å². The first-order valence-corrected chi connectivity index (χ1v) is 5.06. The van der Waals surface area contributed by atoms with Gasteiger partial charge in [0, 0.05) is 17.8 Å². The largest absolute Gasteiger partial charge is 1.00 e. The van der Waals surface area contributed by atoms with Gasteiger partial charge in [0.05, 0.1) is 0 Å². The molecule has 0 saturated heterocycles. The van der Waals surface area contributed by atoms with Crippen molar-refractivity contribution in [1.82, 2.24) is 4.72 Å². The Morgan fingerprint density at radius 3 is 2.50 bits per heavy atom. The predicted molar refractivity (Wildman–Crippen MR) is 53.5 cm³/mol. The van der Waals surface area contributed by atoms with Gasteiger partial charge in [-0.25, -0.2) is 4.79 Å². The molecule has 0 saturated carbocycles. The smallest absolute Gasteiger partial charge is 1.00 e. The standard InChI is InChI=1S/C8H10N2O4S.Na.H/c9-5-6-1-3-7(4-2-6)14-8(11)10-15(12)13;;/h1-4H,5,9H2,(H,10,11)(H,12,13);;/q;+1;-1/p-1. The van der Waals surface area contributed by atoms with Crippen molar-refractivity contribution in [3.8, 4) is 5.75 Å². The molecule has 0 spiro atoms. The maximum Gasteiger partial charge on any atom is 1.00 e. The molecule has 3 N–H and O–H groups in total. The van der Waals surface area contributed by atoms with Crippen molar-refractivity contribution in [2.45, 2.75) is 6.54 Å². The van der Waals surface area contributed by atoms with E-state index in [-0.39, 0.29) is 36.7 Å². The van der Waals surface area contributed by atoms with Gasteiger partial charge in [-0.1, -0.05) is 12.1 Å². The monoisotopic (exact) mass is 253 g/mol. The van der Waals surface area contributed by atoms with Gasteiger partial charge >= 0.3 is 35.7 Å². The van der Waals surface area contributed by atoms with Crippen LogP contribution in [0.15, 0.2) is 24.3 Å². The van der Waals surface area contributed by atoms with Gasteiger partial charge in [-0.05, 0) is 17.7 Å². The van der Waals surface area contributed by atoms with Crippen LogP contribution in [0.25, 0.3) is 0 Å². The molecule has 1 unspecified atom stereocenters. The van der Waals surface area contributed by atoms with Crippen molar-refractivity contribution in [3.63, 3.8) is 0 Å². The Hall–Kier alpha value is -0.440. The molecule has 6 nitrogen and oxygen atoms in total. The molecule has 1 rings (SSSR count). The van der Waals surface area contributed by atoms with Crippen LogP contribution in [0.2, 0.25) is 0 Å². The number of carbonyl (C=O) groups is 1. The third kappa shape index (κ3) is 5.59. The maximum absolute atomic E-state index is 10.8. The Morgan fingerprint density at radius 1 is 1.50 bits per heavy atom. The summed E-state index contributed by atoms with van der Waals surface area (Å²) in [5, 5.41) is 0. The van der Waals surface area contributed by atoms with Crippen LogP contribution < -0.4 is 44.7 Å². The van der Waals surface area contributed by atoms with Crippen LogP contribution in [0.4, 0.5) is 4.79 Å². The fourth-order valence-electron chi connectivity index (χ4n) is 0.889. The summed E-state index contributed by atoms with van der Waals surface area (Å²) in [5.74, 6) is 0.246. The topological polar surface area (TPSA) is 104 Å². The van der Waals surface area contributed by atoms with Crippen LogP contribution in [0.3, 0.4) is 0 Å². The first-order chi connectivity index (χ1) is 7.11. The third-order valence-electron chi connectivity index (χ3n) is 1.54. The van der Waals surface area contributed by atoms with Crippen molar-refractivity contribution < 1.29 is 49.3 Å². The van der Waals surface area contributed by atoms with Gasteiger partial charge in [-0.2, -0.15) is 0 Å². The molecule has 1 atom stereocenters. The van der Waals surface area contributed by atoms with Gasteiger partial charge in [0.1, 0.15) is 5.75 Å². The molecule has 1 aromatic carbocycles. The summed E-state index contributed by atoms with van der Waals surface area (Å²) in [6.45, 7) is 0.386. The first kappa shape index (κ1) is 15.6. The quantitative estimate of drug-likeness (QED) is 0.445. The Labute approximate surface area is 119 Å². The van der Waals surface area contributed by atoms with Crippen molar-refractivity contribution in [1.29, 1.82) is 0 Å². The van der Waals surface area contributed by atoms with Crippen molar-refractivity contribution >= 4 is 17.4 Å². The summed E-state index contributed by atoms with van der Waals surface area (Å²) in [6, 6.07) is 6.40. The normalized spacial score (nSPS) is 11.1. The number of rotatable bonds is 3. The third-order valence-corrected chi connectivity index (χ3v) is 1.87. The Morgan fingerprint density at radius 2 is 2.06 bits per heavy atom. The predicted octanol–water partition coefficient (Wildman–Crippen LogP) is -2.86. The fourth-order valence-corrected chi connectivity index (χ4v) is 1.07. The zero-order valence-corrected chi connectivity index (χ0v) is 11.5. The molecule has 0 heterocycles. The van der Waals surface area contributed by atoms with E-state index in [2.05, 4.69) is 4.74 Å². The minimum Gasteiger partial charge on any atom is -1.00 e. The van der Waals surface area contributed by atoms with Crippen LogP contribution in [0.5, 0.6) is 5.75 Å². The van der Waals surface area contributed by atoms with Gasteiger partial charge in [0.2, 0.25) is 0 Å². The Bertz CT molecular complexity index is 376. The molecule has 0 aliphatic rings. The van der Waals surface area contributed by atoms with E-state index in [4.69, 9.17) is 5.73 Å². The number of ether oxygens (including phenoxy) is 1. The van der Waals surface area contributed by atoms with Crippen molar-refractivity contribution in [2.24, 2.45) is 5.73 Å². The summed E-state index contributed by atoms with van der Waals surface area (Å²) in [7, 11) is 0. The van der Waals surface area contributed by atoms with Gasteiger partial charge in [-0.3, -0.25) is 8.93 Å². The Kier molecular flexibility index (Phi) is 7.56. The fraction of sp³-hybridized carbons (Fsp3) is 0.125. The van der Waals surface area contributed by atoms with Crippen LogP contribution >= 0.6 is 0 Å². The molecule has 0 bridgehead atoms. The number of carbonyl (C=O) groups excluding carboxylic acids is 1. The molecule has 0 aromatic heterocycles. The van der Waals surface area contributed by atoms with E-state index in [0.717, 1.165) is 5.56 Å². The second kappa shape index (κ2) is 7.77. The van der Waals surface area contributed by atoms with E-state index in [1.165, 1.54) is 12.1 Å². The molecular formula is C8H10N2NaO4S-. The molecule has 84 valence electrons. The van der Waals surface area contributed by atoms with Crippen LogP contribution in [0, 0.1) is 0 Å². The molecule has 8 heteroatoms. The van der Waals surface area contributed by atoms with Gasteiger partial charge in [0.15, 0.2) is 0 Å². The molecule has 0 aliphatic heterocycles. The van der Waals surface area contributed by atoms with Crippen molar-refractivity contribution in [2.75, 3.05) is 0 Å². The second-order valence-electron chi connectivity index (χ2n) is 2.57. The minimum atomic E-state index is -2.67. The van der Waals surface area contributed by atoms with Gasteiger partial charge in [0.25, 0.3) is 0 Å². The summed E-state index contributed by atoms with van der Waals surface area (Å²) >= 11 is -2.67. The number of hydrogen-bond donors (Lipinski definition) is 2. The van der Waals surface area contributed by atoms with Crippen LogP contribution in [-0.2, 0) is 17.8 Å². The average Bonchev–Trinajstić information content (AvgIpc) is 2.17. The van der Waals surface area contributed by atoms with E-state index in [1.54, 1.807) is 16.9 Å². The van der Waals surface area contributed by atoms with Crippen LogP contribution in [0.1, 0.15) is 6.99 Å². The van der Waals surface area contributed by atoms with Crippen LogP contribution in [-0.4, -0.2) is 14.9 Å². The SMILES string of the molecule is NCc1ccc(OC(=O)NS(=O)[O-])cc1.[H-].[Na+]. The zero-order chi connectivity index (χ0) is 11.3. The van der Waals surface area contributed by atoms with E-state index in [9.17, 15) is 13.6 Å². The summed E-state index contributed by atoms with van der Waals surface area (Å²) < 4.78 is 26.3. The second-order valence-corrected chi connectivity index (χ2v) is 3.25. The number of nitrogens with two attached hydrogens (primary N) is 1. The molecule has 1 amide bonds. The first-order valence-electron chi connectivity index (χ1n) is 3.98. The minimum absolute atomic E-state index is 0. The molecule has 0 fully saturated rings. The number of hydrogen-bond acceptors (Lipinski definition) is 5. The van der Waals surface area contributed by atoms with Gasteiger partial charge in [-0.15, -0.1) is 0 Å². The Balaban J connectivity index is 0. The molecular weight excluding hydrogens is 243 g/mol. The van der Waals surface area contributed by atoms with Gasteiger partial charge < -0.3 is 16.4 Å². The summed E-state index contributed by atoms with van der Waals surface area (Å²) in [6.07, 6.45) is -1.05. The number of amides is 1. The van der Waals surface area contributed by atoms with E-state index in [0.29, 0.717) is 6.54 Å². The molecule has 16 heavy (non-hydrogen) atoms. The molecule has 0 aliphatic carbocycles. The van der Waals surface area contributed by atoms with E-state index >= 15 is 0 Å². The summed E-state index contributed by atoms with van der Waals surface area (Å²) in [5.41, 5.74) is 6.25. The molecule has 1 aromatic rings. The number of benzene rings is 1. The average molecular weight is 253 g/mol. The molecule has 0 radical (unpaired) electrons. The van der Waals surface area contributed by atoms with E-state index < -0.39 is 17.4 Å². The maximum atomic E-state index is 10.8. The van der Waals surface area contributed by atoms with E-state index in [1.807, 2.05) is 0 Å². The zero-order valence-electron chi connectivity index (χ0n) is 9.64.